The van der Waals surface area contributed by atoms with E-state index in [4.69, 9.17) is 4.43 Å². The lowest BCUT2D eigenvalue weighted by Crippen LogP contribution is -2.54. The molecule has 2 aliphatic rings. The van der Waals surface area contributed by atoms with Crippen LogP contribution in [0.1, 0.15) is 106 Å². The van der Waals surface area contributed by atoms with Crippen molar-refractivity contribution < 1.29 is 9.53 Å². The minimum atomic E-state index is -1.72. The van der Waals surface area contributed by atoms with Gasteiger partial charge in [-0.15, -0.1) is 0 Å². The zero-order valence-electron chi connectivity index (χ0n) is 20.5. The molecule has 2 fully saturated rings. The SMILES string of the molecule is C[C@H](CCCC(C)(C)O)[C@H]1CCC[C@H]2[C@@H](O[Si](C)(C)C(C)(C)C)CCC[C@]12C. The average molecular weight is 411 g/mol. The quantitative estimate of drug-likeness (QED) is 0.439. The molecule has 0 spiro atoms. The van der Waals surface area contributed by atoms with Gasteiger partial charge in [0.1, 0.15) is 0 Å². The molecule has 5 atom stereocenters. The van der Waals surface area contributed by atoms with Crippen molar-refractivity contribution in [1.82, 2.24) is 0 Å². The highest BCUT2D eigenvalue weighted by Crippen LogP contribution is 2.57. The Balaban J connectivity index is 2.10. The van der Waals surface area contributed by atoms with Crippen LogP contribution in [0.2, 0.25) is 18.1 Å². The van der Waals surface area contributed by atoms with Crippen molar-refractivity contribution >= 4 is 8.32 Å². The van der Waals surface area contributed by atoms with E-state index in [0.717, 1.165) is 30.6 Å². The van der Waals surface area contributed by atoms with Crippen LogP contribution in [0.15, 0.2) is 0 Å². The molecule has 28 heavy (non-hydrogen) atoms. The van der Waals surface area contributed by atoms with Crippen LogP contribution in [0.5, 0.6) is 0 Å². The summed E-state index contributed by atoms with van der Waals surface area (Å²) in [6.07, 6.45) is 11.9. The second kappa shape index (κ2) is 8.71. The molecule has 0 aromatic rings. The predicted octanol–water partition coefficient (Wildman–Crippen LogP) is 7.56. The van der Waals surface area contributed by atoms with E-state index in [2.05, 4.69) is 47.7 Å². The summed E-state index contributed by atoms with van der Waals surface area (Å²) in [7, 11) is -1.72. The largest absolute Gasteiger partial charge is 0.414 e. The van der Waals surface area contributed by atoms with Crippen LogP contribution in [0.25, 0.3) is 0 Å². The first-order valence-electron chi connectivity index (χ1n) is 12.1. The Morgan fingerprint density at radius 3 is 2.29 bits per heavy atom. The molecule has 0 aliphatic heterocycles. The molecule has 0 aromatic heterocycles. The third kappa shape index (κ3) is 5.63. The van der Waals surface area contributed by atoms with Crippen molar-refractivity contribution in [1.29, 1.82) is 0 Å². The Labute approximate surface area is 177 Å². The van der Waals surface area contributed by atoms with E-state index >= 15 is 0 Å². The Hall–Kier alpha value is 0.137. The monoisotopic (exact) mass is 410 g/mol. The molecule has 2 saturated carbocycles. The van der Waals surface area contributed by atoms with E-state index < -0.39 is 13.9 Å². The minimum absolute atomic E-state index is 0.291. The van der Waals surface area contributed by atoms with Gasteiger partial charge in [-0.2, -0.15) is 0 Å². The fourth-order valence-electron chi connectivity index (χ4n) is 6.05. The lowest BCUT2D eigenvalue weighted by molar-refractivity contribution is -0.0880. The van der Waals surface area contributed by atoms with Gasteiger partial charge in [0.05, 0.1) is 5.60 Å². The number of fused-ring (bicyclic) bond motifs is 1. The molecule has 0 heterocycles. The van der Waals surface area contributed by atoms with E-state index in [0.29, 0.717) is 16.6 Å². The first kappa shape index (κ1) is 24.4. The zero-order chi connectivity index (χ0) is 21.4. The van der Waals surface area contributed by atoms with Crippen molar-refractivity contribution in [2.24, 2.45) is 23.2 Å². The Kier molecular flexibility index (Phi) is 7.59. The van der Waals surface area contributed by atoms with Crippen LogP contribution in [0.4, 0.5) is 0 Å². The van der Waals surface area contributed by atoms with Gasteiger partial charge in [0.25, 0.3) is 0 Å². The first-order chi connectivity index (χ1) is 12.7. The number of rotatable bonds is 7. The van der Waals surface area contributed by atoms with Crippen molar-refractivity contribution in [3.05, 3.63) is 0 Å². The summed E-state index contributed by atoms with van der Waals surface area (Å²) in [5.41, 5.74) is -0.0800. The predicted molar refractivity (Wildman–Crippen MR) is 124 cm³/mol. The maximum Gasteiger partial charge on any atom is 0.192 e. The summed E-state index contributed by atoms with van der Waals surface area (Å²) in [5, 5.41) is 10.4. The van der Waals surface area contributed by atoms with Crippen molar-refractivity contribution in [2.75, 3.05) is 0 Å². The van der Waals surface area contributed by atoms with E-state index in [1.54, 1.807) is 0 Å². The summed E-state index contributed by atoms with van der Waals surface area (Å²) >= 11 is 0. The van der Waals surface area contributed by atoms with Gasteiger partial charge in [-0.3, -0.25) is 0 Å². The lowest BCUT2D eigenvalue weighted by atomic mass is 9.52. The molecule has 2 aliphatic carbocycles. The van der Waals surface area contributed by atoms with Crippen LogP contribution >= 0.6 is 0 Å². The Bertz CT molecular complexity index is 502. The third-order valence-corrected chi connectivity index (χ3v) is 13.3. The van der Waals surface area contributed by atoms with Gasteiger partial charge in [0.15, 0.2) is 8.32 Å². The van der Waals surface area contributed by atoms with Gasteiger partial charge in [-0.1, -0.05) is 60.3 Å². The summed E-state index contributed by atoms with van der Waals surface area (Å²) in [4.78, 5) is 0. The molecule has 0 saturated heterocycles. The maximum atomic E-state index is 10.1. The highest BCUT2D eigenvalue weighted by Gasteiger charge is 2.52. The Morgan fingerprint density at radius 2 is 1.71 bits per heavy atom. The second-order valence-corrected chi connectivity index (χ2v) is 17.4. The van der Waals surface area contributed by atoms with Crippen LogP contribution in [0.3, 0.4) is 0 Å². The van der Waals surface area contributed by atoms with Crippen molar-refractivity contribution in [3.63, 3.8) is 0 Å². The highest BCUT2D eigenvalue weighted by molar-refractivity contribution is 6.74. The summed E-state index contributed by atoms with van der Waals surface area (Å²) in [6.45, 7) is 21.0. The van der Waals surface area contributed by atoms with Gasteiger partial charge in [-0.25, -0.2) is 0 Å². The molecule has 2 nitrogen and oxygen atoms in total. The third-order valence-electron chi connectivity index (χ3n) is 8.76. The molecule has 1 N–H and O–H groups in total. The van der Waals surface area contributed by atoms with Crippen LogP contribution < -0.4 is 0 Å². The number of aliphatic hydroxyl groups is 1. The van der Waals surface area contributed by atoms with E-state index in [1.807, 2.05) is 13.8 Å². The van der Waals surface area contributed by atoms with E-state index in [-0.39, 0.29) is 0 Å². The van der Waals surface area contributed by atoms with Crippen molar-refractivity contribution in [2.45, 2.75) is 136 Å². The van der Waals surface area contributed by atoms with Crippen molar-refractivity contribution in [3.8, 4) is 0 Å². The van der Waals surface area contributed by atoms with Gasteiger partial charge in [0.2, 0.25) is 0 Å². The molecule has 2 rings (SSSR count). The van der Waals surface area contributed by atoms with Crippen LogP contribution in [-0.2, 0) is 4.43 Å². The Morgan fingerprint density at radius 1 is 1.07 bits per heavy atom. The smallest absolute Gasteiger partial charge is 0.192 e. The minimum Gasteiger partial charge on any atom is -0.414 e. The molecular weight excluding hydrogens is 360 g/mol. The topological polar surface area (TPSA) is 29.5 Å². The number of hydrogen-bond acceptors (Lipinski definition) is 2. The van der Waals surface area contributed by atoms with Gasteiger partial charge in [-0.05, 0) is 87.3 Å². The molecule has 0 unspecified atom stereocenters. The van der Waals surface area contributed by atoms with Crippen LogP contribution in [0, 0.1) is 23.2 Å². The van der Waals surface area contributed by atoms with E-state index in [9.17, 15) is 5.11 Å². The van der Waals surface area contributed by atoms with Gasteiger partial charge in [0, 0.05) is 6.10 Å². The molecule has 0 bridgehead atoms. The zero-order valence-corrected chi connectivity index (χ0v) is 21.5. The molecule has 0 radical (unpaired) electrons. The standard InChI is InChI=1S/C25H50O2Si/c1-19(13-11-17-24(5,6)26)20-14-10-15-21-22(16-12-18-25(20,21)7)27-28(8,9)23(2,3)4/h19-22,26H,10-18H2,1-9H3/t19-,20-,21+,22+,25-/m1/s1. The van der Waals surface area contributed by atoms with E-state index in [1.165, 1.54) is 44.9 Å². The first-order valence-corrected chi connectivity index (χ1v) is 15.0. The molecular formula is C25H50O2Si. The second-order valence-electron chi connectivity index (χ2n) is 12.6. The average Bonchev–Trinajstić information content (AvgIpc) is 2.51. The molecule has 0 aromatic carbocycles. The summed E-state index contributed by atoms with van der Waals surface area (Å²) in [6, 6.07) is 0. The maximum absolute atomic E-state index is 10.1. The van der Waals surface area contributed by atoms with Crippen LogP contribution in [-0.4, -0.2) is 25.1 Å². The normalized spacial score (nSPS) is 33.4. The fourth-order valence-corrected chi connectivity index (χ4v) is 7.44. The molecule has 0 amide bonds. The summed E-state index contributed by atoms with van der Waals surface area (Å²) < 4.78 is 7.04. The molecule has 3 heteroatoms. The van der Waals surface area contributed by atoms with Gasteiger partial charge < -0.3 is 9.53 Å². The highest BCUT2D eigenvalue weighted by atomic mass is 28.4. The summed E-state index contributed by atoms with van der Waals surface area (Å²) in [5.74, 6) is 2.31. The number of hydrogen-bond donors (Lipinski definition) is 1. The van der Waals surface area contributed by atoms with Gasteiger partial charge >= 0.3 is 0 Å². The molecule has 166 valence electrons. The fraction of sp³-hybridized carbons (Fsp3) is 1.00. The lowest BCUT2D eigenvalue weighted by Gasteiger charge is -2.57.